The number of aryl methyl sites for hydroxylation is 1. The second-order valence-electron chi connectivity index (χ2n) is 9.75. The number of halogens is 2. The van der Waals surface area contributed by atoms with Gasteiger partial charge in [-0.2, -0.15) is 5.10 Å². The minimum absolute atomic E-state index is 0.0142. The molecule has 0 unspecified atom stereocenters. The van der Waals surface area contributed by atoms with Crippen LogP contribution in [0, 0.1) is 11.6 Å². The molecule has 6 rings (SSSR count). The van der Waals surface area contributed by atoms with Gasteiger partial charge in [0.15, 0.2) is 17.3 Å². The average Bonchev–Trinajstić information content (AvgIpc) is 3.67. The van der Waals surface area contributed by atoms with Crippen molar-refractivity contribution in [2.75, 3.05) is 11.9 Å². The van der Waals surface area contributed by atoms with Gasteiger partial charge in [-0.3, -0.25) is 14.7 Å². The van der Waals surface area contributed by atoms with E-state index in [1.54, 1.807) is 39.9 Å². The van der Waals surface area contributed by atoms with Crippen LogP contribution in [-0.2, 0) is 13.6 Å². The number of aliphatic hydroxyl groups is 1. The van der Waals surface area contributed by atoms with Crippen LogP contribution in [0.5, 0.6) is 17.2 Å². The third-order valence-corrected chi connectivity index (χ3v) is 6.62. The predicted octanol–water partition coefficient (Wildman–Crippen LogP) is 3.72. The molecule has 2 N–H and O–H groups in total. The Morgan fingerprint density at radius 3 is 2.49 bits per heavy atom. The number of ether oxygens (including phenoxy) is 2. The normalized spacial score (nSPS) is 11.1. The van der Waals surface area contributed by atoms with E-state index in [4.69, 9.17) is 9.47 Å². The number of pyridine rings is 1. The van der Waals surface area contributed by atoms with Crippen LogP contribution < -0.4 is 26.0 Å². The number of nitrogens with zero attached hydrogens (tertiary/aromatic N) is 6. The predicted molar refractivity (Wildman–Crippen MR) is 157 cm³/mol. The first-order chi connectivity index (χ1) is 21.7. The van der Waals surface area contributed by atoms with Crippen molar-refractivity contribution in [3.05, 3.63) is 118 Å². The smallest absolute Gasteiger partial charge is 0.417 e. The van der Waals surface area contributed by atoms with Crippen LogP contribution in [0.4, 0.5) is 19.3 Å². The van der Waals surface area contributed by atoms with E-state index in [2.05, 4.69) is 15.4 Å². The average molecular weight is 616 g/mol. The third-order valence-electron chi connectivity index (χ3n) is 6.62. The van der Waals surface area contributed by atoms with Gasteiger partial charge in [-0.1, -0.05) is 0 Å². The number of carbonyl (C=O) groups excluding carboxylic acids is 1. The van der Waals surface area contributed by atoms with Crippen LogP contribution in [0.25, 0.3) is 22.5 Å². The van der Waals surface area contributed by atoms with E-state index >= 15 is 4.39 Å². The van der Waals surface area contributed by atoms with Gasteiger partial charge >= 0.3 is 17.3 Å². The fourth-order valence-electron chi connectivity index (χ4n) is 4.54. The van der Waals surface area contributed by atoms with Crippen LogP contribution in [0.1, 0.15) is 0 Å². The molecule has 228 valence electrons. The maximum atomic E-state index is 15.2. The summed E-state index contributed by atoms with van der Waals surface area (Å²) in [5, 5.41) is 15.9. The molecule has 4 aromatic heterocycles. The Bertz CT molecular complexity index is 2170. The summed E-state index contributed by atoms with van der Waals surface area (Å²) in [6.07, 6.45) is 6.60. The van der Waals surface area contributed by atoms with E-state index in [9.17, 15) is 23.9 Å². The first-order valence-electron chi connectivity index (χ1n) is 13.4. The van der Waals surface area contributed by atoms with Crippen LogP contribution in [0.3, 0.4) is 0 Å². The van der Waals surface area contributed by atoms with E-state index in [-0.39, 0.29) is 23.7 Å². The second-order valence-corrected chi connectivity index (χ2v) is 9.75. The molecule has 0 saturated heterocycles. The lowest BCUT2D eigenvalue weighted by atomic mass is 10.2. The van der Waals surface area contributed by atoms with E-state index in [0.29, 0.717) is 27.1 Å². The van der Waals surface area contributed by atoms with Gasteiger partial charge in [0.1, 0.15) is 11.3 Å². The van der Waals surface area contributed by atoms with Gasteiger partial charge in [-0.15, -0.1) is 0 Å². The molecule has 2 aromatic carbocycles. The molecule has 1 amide bonds. The first-order valence-corrected chi connectivity index (χ1v) is 13.4. The molecule has 45 heavy (non-hydrogen) atoms. The number of benzene rings is 2. The Morgan fingerprint density at radius 2 is 1.78 bits per heavy atom. The molecule has 0 aliphatic heterocycles. The molecule has 0 fully saturated rings. The Kier molecular flexibility index (Phi) is 7.66. The summed E-state index contributed by atoms with van der Waals surface area (Å²) in [7, 11) is 1.83. The van der Waals surface area contributed by atoms with Gasteiger partial charge in [0.25, 0.3) is 0 Å². The molecular formula is C30H23F2N7O6. The zero-order chi connectivity index (χ0) is 31.7. The number of aliphatic hydroxyl groups excluding tert-OH is 1. The molecule has 6 aromatic rings. The van der Waals surface area contributed by atoms with Crippen LogP contribution in [-0.4, -0.2) is 46.1 Å². The largest absolute Gasteiger partial charge is 0.452 e. The Hall–Kier alpha value is -6.09. The van der Waals surface area contributed by atoms with Crippen molar-refractivity contribution < 1.29 is 28.2 Å². The minimum atomic E-state index is -1.16. The lowest BCUT2D eigenvalue weighted by Crippen LogP contribution is -2.40. The summed E-state index contributed by atoms with van der Waals surface area (Å²) in [4.78, 5) is 43.0. The molecule has 0 spiro atoms. The molecule has 13 nitrogen and oxygen atoms in total. The number of hydrogen-bond acceptors (Lipinski definition) is 8. The van der Waals surface area contributed by atoms with Crippen molar-refractivity contribution in [1.82, 2.24) is 28.3 Å². The van der Waals surface area contributed by atoms with Gasteiger partial charge in [-0.05, 0) is 48.5 Å². The number of rotatable bonds is 8. The van der Waals surface area contributed by atoms with Gasteiger partial charge < -0.3 is 19.1 Å². The van der Waals surface area contributed by atoms with Gasteiger partial charge in [-0.25, -0.2) is 32.4 Å². The SMILES string of the molecule is Cn1cnc(-c2cc(Oc3ccc(NC(=O)Oc4cn(CCO)c(=O)n(-c5ccc(F)cc5)c4=O)cc3F)c3ccnn3c2)c1. The number of aromatic nitrogens is 6. The summed E-state index contributed by atoms with van der Waals surface area (Å²) in [5.41, 5.74) is 0.0644. The summed E-state index contributed by atoms with van der Waals surface area (Å²) in [6.45, 7) is -0.678. The fourth-order valence-corrected chi connectivity index (χ4v) is 4.54. The highest BCUT2D eigenvalue weighted by Crippen LogP contribution is 2.33. The number of imidazole rings is 1. The molecule has 0 saturated carbocycles. The standard InChI is InChI=1S/C30H23F2N7O6/c1-36-15-23(33-17-36)18-12-26(24-8-9-34-38(24)14-18)44-25-7-4-20(13-22(25)32)35-29(42)45-27-16-37(10-11-40)30(43)39(28(27)41)21-5-2-19(31)3-6-21/h2-9,12-17,40H,10-11H2,1H3,(H,35,42). The molecule has 0 aliphatic carbocycles. The van der Waals surface area contributed by atoms with Crippen molar-refractivity contribution in [2.45, 2.75) is 6.54 Å². The van der Waals surface area contributed by atoms with Crippen molar-refractivity contribution in [3.8, 4) is 34.2 Å². The number of anilines is 1. The lowest BCUT2D eigenvalue weighted by Gasteiger charge is -2.13. The van der Waals surface area contributed by atoms with Crippen LogP contribution >= 0.6 is 0 Å². The molecule has 0 aliphatic rings. The monoisotopic (exact) mass is 615 g/mol. The Morgan fingerprint density at radius 1 is 0.978 bits per heavy atom. The lowest BCUT2D eigenvalue weighted by molar-refractivity contribution is 0.213. The molecule has 0 radical (unpaired) electrons. The van der Waals surface area contributed by atoms with E-state index in [0.717, 1.165) is 29.0 Å². The highest BCUT2D eigenvalue weighted by molar-refractivity contribution is 5.86. The van der Waals surface area contributed by atoms with Crippen molar-refractivity contribution in [3.63, 3.8) is 0 Å². The molecule has 0 bridgehead atoms. The maximum Gasteiger partial charge on any atom is 0.417 e. The van der Waals surface area contributed by atoms with Gasteiger partial charge in [0.05, 0.1) is 43.3 Å². The summed E-state index contributed by atoms with van der Waals surface area (Å²) in [5.74, 6) is -1.81. The van der Waals surface area contributed by atoms with E-state index in [1.165, 1.54) is 24.3 Å². The van der Waals surface area contributed by atoms with Crippen LogP contribution in [0.2, 0.25) is 0 Å². The minimum Gasteiger partial charge on any atom is -0.452 e. The van der Waals surface area contributed by atoms with Gasteiger partial charge in [0, 0.05) is 36.8 Å². The molecule has 4 heterocycles. The third kappa shape index (κ3) is 5.92. The molecular weight excluding hydrogens is 592 g/mol. The van der Waals surface area contributed by atoms with Crippen molar-refractivity contribution in [2.24, 2.45) is 7.05 Å². The summed E-state index contributed by atoms with van der Waals surface area (Å²) >= 11 is 0. The van der Waals surface area contributed by atoms with E-state index in [1.807, 2.05) is 13.2 Å². The van der Waals surface area contributed by atoms with Gasteiger partial charge in [0.2, 0.25) is 5.75 Å². The molecule has 15 heteroatoms. The van der Waals surface area contributed by atoms with E-state index < -0.39 is 41.3 Å². The summed E-state index contributed by atoms with van der Waals surface area (Å²) < 4.78 is 44.7. The maximum absolute atomic E-state index is 15.2. The number of amides is 1. The zero-order valence-electron chi connectivity index (χ0n) is 23.4. The number of carbonyl (C=O) groups is 1. The van der Waals surface area contributed by atoms with Crippen molar-refractivity contribution in [1.29, 1.82) is 0 Å². The fraction of sp³-hybridized carbons (Fsp3) is 0.100. The Labute approximate surface area is 251 Å². The van der Waals surface area contributed by atoms with Crippen LogP contribution in [0.15, 0.2) is 95.3 Å². The Balaban J connectivity index is 1.23. The molecule has 0 atom stereocenters. The second kappa shape index (κ2) is 11.9. The quantitative estimate of drug-likeness (QED) is 0.263. The summed E-state index contributed by atoms with van der Waals surface area (Å²) in [6, 6.07) is 11.6. The number of hydrogen-bond donors (Lipinski definition) is 2. The zero-order valence-corrected chi connectivity index (χ0v) is 23.4. The first kappa shape index (κ1) is 29.0. The van der Waals surface area contributed by atoms with Crippen molar-refractivity contribution >= 4 is 17.3 Å². The highest BCUT2D eigenvalue weighted by Gasteiger charge is 2.18. The number of nitrogens with one attached hydrogen (secondary N) is 1. The topological polar surface area (TPSA) is 147 Å². The number of fused-ring (bicyclic) bond motifs is 1. The highest BCUT2D eigenvalue weighted by atomic mass is 19.1.